The van der Waals surface area contributed by atoms with Gasteiger partial charge in [0.15, 0.2) is 0 Å². The number of aliphatic carboxylic acids is 1. The number of urea groups is 1. The molecule has 0 aromatic rings. The molecule has 3 aliphatic rings. The van der Waals surface area contributed by atoms with Crippen LogP contribution in [-0.4, -0.2) is 103 Å². The van der Waals surface area contributed by atoms with Gasteiger partial charge in [-0.3, -0.25) is 9.59 Å². The number of carbonyl (C=O) groups is 4. The van der Waals surface area contributed by atoms with E-state index in [1.54, 1.807) is 7.05 Å². The molecule has 13 nitrogen and oxygen atoms in total. The standard InChI is InChI=1S/C28H48N6O7S/c1-27(2,3)22(18-33(42(40)41)16-14-29-4)31-26(39)30-20-12-9-7-5-6-8-11-19-17-28(19,25(37)38)32-23(35)21-13-10-15-34(21)24(20)36/h8,11,19-22,29,42H,5-7,9-10,12-18H2,1-4H3,(H,32,35)(H,37,38)(H2,30,31,39)/b11-8-/t19?,20-,21-,22?,28+/m0/s1. The van der Waals surface area contributed by atoms with Crippen molar-refractivity contribution < 1.29 is 32.7 Å². The number of nitrogens with one attached hydrogen (secondary N) is 4. The molecule has 0 aromatic carbocycles. The number of rotatable bonds is 9. The van der Waals surface area contributed by atoms with Crippen molar-refractivity contribution in [3.05, 3.63) is 12.2 Å². The molecule has 1 saturated carbocycles. The first-order valence-corrected chi connectivity index (χ1v) is 16.1. The summed E-state index contributed by atoms with van der Waals surface area (Å²) in [4.78, 5) is 53.9. The monoisotopic (exact) mass is 612 g/mol. The van der Waals surface area contributed by atoms with Crippen LogP contribution in [0.15, 0.2) is 12.2 Å². The second-order valence-electron chi connectivity index (χ2n) is 12.7. The van der Waals surface area contributed by atoms with E-state index in [-0.39, 0.29) is 24.9 Å². The maximum absolute atomic E-state index is 13.8. The number of thiol groups is 1. The second kappa shape index (κ2) is 14.6. The molecule has 2 unspecified atom stereocenters. The number of hydrogen-bond donors (Lipinski definition) is 6. The maximum Gasteiger partial charge on any atom is 0.330 e. The minimum Gasteiger partial charge on any atom is -0.479 e. The summed E-state index contributed by atoms with van der Waals surface area (Å²) in [6.45, 7) is 6.82. The molecule has 0 bridgehead atoms. The number of nitrogens with zero attached hydrogens (tertiary/aromatic N) is 2. The lowest BCUT2D eigenvalue weighted by Crippen LogP contribution is -2.59. The zero-order chi connectivity index (χ0) is 31.1. The SMILES string of the molecule is CNCCN(CC(NC(=O)N[C@H]1CCCCC/C=C\C2C[C@@]2(C(=O)O)NC(=O)[C@@H]2CCCN2C1=O)C(C)(C)C)[SH](=O)=O. The van der Waals surface area contributed by atoms with Crippen LogP contribution in [0.3, 0.4) is 0 Å². The number of carboxylic acids is 1. The first-order valence-electron chi connectivity index (χ1n) is 14.9. The first-order chi connectivity index (χ1) is 19.8. The average Bonchev–Trinajstić information content (AvgIpc) is 3.37. The van der Waals surface area contributed by atoms with Crippen LogP contribution in [-0.2, 0) is 25.3 Å². The lowest BCUT2D eigenvalue weighted by molar-refractivity contribution is -0.145. The number of carbonyl (C=O) groups excluding carboxylic acids is 3. The average molecular weight is 613 g/mol. The van der Waals surface area contributed by atoms with E-state index in [0.717, 1.165) is 19.3 Å². The lowest BCUT2D eigenvalue weighted by atomic mass is 9.86. The fraction of sp³-hybridized carbons (Fsp3) is 0.786. The third-order valence-corrected chi connectivity index (χ3v) is 9.34. The van der Waals surface area contributed by atoms with E-state index in [1.807, 2.05) is 32.9 Å². The number of likely N-dealkylation sites (N-methyl/N-ethyl adjacent to an activating group) is 1. The van der Waals surface area contributed by atoms with Crippen LogP contribution in [0.4, 0.5) is 4.79 Å². The molecule has 238 valence electrons. The molecule has 4 amide bonds. The van der Waals surface area contributed by atoms with Crippen molar-refractivity contribution >= 4 is 34.7 Å². The predicted molar refractivity (Wildman–Crippen MR) is 158 cm³/mol. The number of hydrogen-bond acceptors (Lipinski definition) is 7. The van der Waals surface area contributed by atoms with E-state index in [0.29, 0.717) is 45.2 Å². The zero-order valence-electron chi connectivity index (χ0n) is 25.2. The molecule has 5 N–H and O–H groups in total. The number of amides is 4. The first kappa shape index (κ1) is 33.8. The molecule has 3 rings (SSSR count). The van der Waals surface area contributed by atoms with Crippen molar-refractivity contribution in [3.8, 4) is 0 Å². The van der Waals surface area contributed by atoms with Gasteiger partial charge in [0.25, 0.3) is 0 Å². The van der Waals surface area contributed by atoms with Gasteiger partial charge in [-0.1, -0.05) is 45.8 Å². The molecule has 0 radical (unpaired) electrons. The Balaban J connectivity index is 1.77. The Bertz CT molecular complexity index is 1100. The van der Waals surface area contributed by atoms with Crippen molar-refractivity contribution in [2.24, 2.45) is 11.3 Å². The van der Waals surface area contributed by atoms with Gasteiger partial charge in [-0.25, -0.2) is 22.3 Å². The summed E-state index contributed by atoms with van der Waals surface area (Å²) in [6.07, 6.45) is 8.61. The van der Waals surface area contributed by atoms with Crippen LogP contribution in [0.2, 0.25) is 0 Å². The van der Waals surface area contributed by atoms with Crippen LogP contribution in [0.5, 0.6) is 0 Å². The number of carboxylic acid groups (broad SMARTS) is 1. The van der Waals surface area contributed by atoms with Gasteiger partial charge < -0.3 is 31.3 Å². The summed E-state index contributed by atoms with van der Waals surface area (Å²) in [5.41, 5.74) is -1.83. The lowest BCUT2D eigenvalue weighted by Gasteiger charge is -2.35. The van der Waals surface area contributed by atoms with Crippen LogP contribution in [0.1, 0.15) is 72.1 Å². The molecule has 1 aliphatic carbocycles. The van der Waals surface area contributed by atoms with Crippen molar-refractivity contribution in [3.63, 3.8) is 0 Å². The van der Waals surface area contributed by atoms with Crippen molar-refractivity contribution in [2.75, 3.05) is 33.2 Å². The number of allylic oxidation sites excluding steroid dienone is 1. The molecule has 5 atom stereocenters. The quantitative estimate of drug-likeness (QED) is 0.162. The fourth-order valence-electron chi connectivity index (χ4n) is 5.66. The molecular formula is C28H48N6O7S. The van der Waals surface area contributed by atoms with E-state index in [1.165, 1.54) is 9.21 Å². The predicted octanol–water partition coefficient (Wildman–Crippen LogP) is 0.588. The van der Waals surface area contributed by atoms with Crippen molar-refractivity contribution in [1.29, 1.82) is 0 Å². The summed E-state index contributed by atoms with van der Waals surface area (Å²) in [7, 11) is -1.14. The third kappa shape index (κ3) is 8.66. The summed E-state index contributed by atoms with van der Waals surface area (Å²) in [6, 6.07) is -2.84. The maximum atomic E-state index is 13.8. The highest BCUT2D eigenvalue weighted by atomic mass is 32.2. The van der Waals surface area contributed by atoms with E-state index in [4.69, 9.17) is 0 Å². The summed E-state index contributed by atoms with van der Waals surface area (Å²) >= 11 is 0. The Kier molecular flexibility index (Phi) is 11.8. The Morgan fingerprint density at radius 2 is 1.93 bits per heavy atom. The van der Waals surface area contributed by atoms with Gasteiger partial charge in [0.2, 0.25) is 22.7 Å². The normalized spacial score (nSPS) is 28.6. The molecule has 42 heavy (non-hydrogen) atoms. The van der Waals surface area contributed by atoms with E-state index < -0.39 is 57.9 Å². The minimum absolute atomic E-state index is 0.0735. The second-order valence-corrected chi connectivity index (χ2v) is 13.7. The Morgan fingerprint density at radius 3 is 2.57 bits per heavy atom. The smallest absolute Gasteiger partial charge is 0.330 e. The highest BCUT2D eigenvalue weighted by molar-refractivity contribution is 7.69. The Morgan fingerprint density at radius 1 is 1.19 bits per heavy atom. The molecular weight excluding hydrogens is 564 g/mol. The molecule has 2 fully saturated rings. The highest BCUT2D eigenvalue weighted by Gasteiger charge is 2.61. The number of fused-ring (bicyclic) bond motifs is 2. The van der Waals surface area contributed by atoms with Gasteiger partial charge in [-0.2, -0.15) is 0 Å². The Labute approximate surface area is 250 Å². The summed E-state index contributed by atoms with van der Waals surface area (Å²) in [5, 5.41) is 21.2. The molecule has 1 saturated heterocycles. The van der Waals surface area contributed by atoms with Crippen LogP contribution < -0.4 is 21.3 Å². The van der Waals surface area contributed by atoms with Gasteiger partial charge in [0.05, 0.1) is 0 Å². The largest absolute Gasteiger partial charge is 0.479 e. The van der Waals surface area contributed by atoms with Crippen LogP contribution >= 0.6 is 0 Å². The molecule has 0 spiro atoms. The van der Waals surface area contributed by atoms with Gasteiger partial charge in [0.1, 0.15) is 17.6 Å². The molecule has 0 aromatic heterocycles. The minimum atomic E-state index is -2.86. The molecule has 2 heterocycles. The van der Waals surface area contributed by atoms with Gasteiger partial charge in [-0.05, 0) is 51.0 Å². The third-order valence-electron chi connectivity index (χ3n) is 8.51. The summed E-state index contributed by atoms with van der Waals surface area (Å²) in [5.74, 6) is -2.23. The topological polar surface area (TPSA) is 177 Å². The highest BCUT2D eigenvalue weighted by Crippen LogP contribution is 2.45. The molecule has 14 heteroatoms. The zero-order valence-corrected chi connectivity index (χ0v) is 26.1. The van der Waals surface area contributed by atoms with Crippen molar-refractivity contribution in [2.45, 2.75) is 95.8 Å². The van der Waals surface area contributed by atoms with E-state index >= 15 is 0 Å². The fourth-order valence-corrected chi connectivity index (χ4v) is 6.22. The van der Waals surface area contributed by atoms with Gasteiger partial charge in [0, 0.05) is 38.1 Å². The van der Waals surface area contributed by atoms with Gasteiger partial charge in [-0.15, -0.1) is 0 Å². The molecule has 2 aliphatic heterocycles. The van der Waals surface area contributed by atoms with Gasteiger partial charge >= 0.3 is 12.0 Å². The van der Waals surface area contributed by atoms with Crippen LogP contribution in [0.25, 0.3) is 0 Å². The summed E-state index contributed by atoms with van der Waals surface area (Å²) < 4.78 is 25.0. The van der Waals surface area contributed by atoms with E-state index in [9.17, 15) is 32.7 Å². The van der Waals surface area contributed by atoms with Crippen molar-refractivity contribution in [1.82, 2.24) is 30.5 Å². The van der Waals surface area contributed by atoms with Crippen LogP contribution in [0, 0.1) is 11.3 Å². The Hall–Kier alpha value is -2.71. The van der Waals surface area contributed by atoms with E-state index in [2.05, 4.69) is 21.3 Å².